The van der Waals surface area contributed by atoms with Crippen molar-refractivity contribution in [1.82, 2.24) is 15.1 Å². The number of hydrogen-bond acceptors (Lipinski definition) is 4. The molecule has 1 atom stereocenters. The van der Waals surface area contributed by atoms with Gasteiger partial charge in [0.25, 0.3) is 0 Å². The van der Waals surface area contributed by atoms with E-state index in [1.165, 1.54) is 0 Å². The highest BCUT2D eigenvalue weighted by Crippen LogP contribution is 2.28. The van der Waals surface area contributed by atoms with Crippen LogP contribution in [0.4, 0.5) is 0 Å². The molecule has 1 saturated carbocycles. The fourth-order valence-corrected chi connectivity index (χ4v) is 5.54. The lowest BCUT2D eigenvalue weighted by molar-refractivity contribution is -0.129. The summed E-state index contributed by atoms with van der Waals surface area (Å²) in [4.78, 5) is 14.2. The molecule has 1 aromatic rings. The molecule has 1 saturated heterocycles. The minimum absolute atomic E-state index is 0.201. The Morgan fingerprint density at radius 2 is 2.04 bits per heavy atom. The highest BCUT2D eigenvalue weighted by molar-refractivity contribution is 7.92. The van der Waals surface area contributed by atoms with Gasteiger partial charge in [-0.15, -0.1) is 0 Å². The van der Waals surface area contributed by atoms with E-state index in [9.17, 15) is 13.2 Å². The van der Waals surface area contributed by atoms with Crippen LogP contribution < -0.4 is 0 Å². The van der Waals surface area contributed by atoms with Crippen LogP contribution in [0.3, 0.4) is 0 Å². The summed E-state index contributed by atoms with van der Waals surface area (Å²) in [5.41, 5.74) is 1.98. The van der Waals surface area contributed by atoms with E-state index in [-0.39, 0.29) is 22.8 Å². The summed E-state index contributed by atoms with van der Waals surface area (Å²) >= 11 is 0. The minimum atomic E-state index is -3.30. The van der Waals surface area contributed by atoms with Crippen LogP contribution in [0.15, 0.2) is 6.07 Å². The third-order valence-corrected chi connectivity index (χ3v) is 7.19. The van der Waals surface area contributed by atoms with Crippen molar-refractivity contribution in [2.45, 2.75) is 56.6 Å². The van der Waals surface area contributed by atoms with E-state index >= 15 is 0 Å². The quantitative estimate of drug-likeness (QED) is 0.906. The lowest BCUT2D eigenvalue weighted by Gasteiger charge is -2.32. The zero-order valence-electron chi connectivity index (χ0n) is 13.6. The Morgan fingerprint density at radius 1 is 1.30 bits per heavy atom. The zero-order valence-corrected chi connectivity index (χ0v) is 14.4. The molecule has 1 N–H and O–H groups in total. The van der Waals surface area contributed by atoms with Gasteiger partial charge >= 0.3 is 0 Å². The van der Waals surface area contributed by atoms with E-state index in [2.05, 4.69) is 10.2 Å². The number of aryl methyl sites for hydroxylation is 1. The van der Waals surface area contributed by atoms with E-state index in [0.717, 1.165) is 37.1 Å². The number of H-pyrrole nitrogens is 1. The van der Waals surface area contributed by atoms with E-state index in [4.69, 9.17) is 0 Å². The average Bonchev–Trinajstić information content (AvgIpc) is 3.18. The third-order valence-electron chi connectivity index (χ3n) is 5.05. The van der Waals surface area contributed by atoms with Crippen LogP contribution >= 0.6 is 0 Å². The average molecular weight is 339 g/mol. The molecule has 0 radical (unpaired) electrons. The first-order valence-electron chi connectivity index (χ1n) is 8.47. The molecular weight excluding hydrogens is 314 g/mol. The largest absolute Gasteiger partial charge is 0.341 e. The van der Waals surface area contributed by atoms with Gasteiger partial charge in [0.2, 0.25) is 5.91 Å². The minimum Gasteiger partial charge on any atom is -0.341 e. The molecule has 0 spiro atoms. The van der Waals surface area contributed by atoms with Gasteiger partial charge in [0, 0.05) is 24.7 Å². The molecule has 1 amide bonds. The first-order chi connectivity index (χ1) is 11.0. The van der Waals surface area contributed by atoms with Gasteiger partial charge in [0.05, 0.1) is 10.9 Å². The van der Waals surface area contributed by atoms with Crippen molar-refractivity contribution < 1.29 is 13.2 Å². The Morgan fingerprint density at radius 3 is 2.70 bits per heavy atom. The molecule has 1 aliphatic carbocycles. The fraction of sp³-hybridized carbons (Fsp3) is 0.750. The number of nitrogens with zero attached hydrogens (tertiary/aromatic N) is 2. The SMILES string of the molecule is Cc1cc([C@@H]2CCCN(C(=O)CS(=O)(=O)C3CCCC3)C2)n[nH]1. The molecule has 0 bridgehead atoms. The summed E-state index contributed by atoms with van der Waals surface area (Å²) in [5.74, 6) is -0.370. The maximum Gasteiger partial charge on any atom is 0.237 e. The third kappa shape index (κ3) is 3.76. The van der Waals surface area contributed by atoms with Crippen LogP contribution in [0.5, 0.6) is 0 Å². The summed E-state index contributed by atoms with van der Waals surface area (Å²) in [5, 5.41) is 6.92. The van der Waals surface area contributed by atoms with E-state index < -0.39 is 9.84 Å². The number of likely N-dealkylation sites (tertiary alicyclic amines) is 1. The monoisotopic (exact) mass is 339 g/mol. The number of aromatic amines is 1. The number of amides is 1. The highest BCUT2D eigenvalue weighted by Gasteiger charge is 2.33. The normalized spacial score (nSPS) is 23.3. The van der Waals surface area contributed by atoms with Crippen molar-refractivity contribution >= 4 is 15.7 Å². The van der Waals surface area contributed by atoms with Gasteiger partial charge in [-0.1, -0.05) is 12.8 Å². The molecule has 23 heavy (non-hydrogen) atoms. The number of hydrogen-bond donors (Lipinski definition) is 1. The molecule has 3 rings (SSSR count). The van der Waals surface area contributed by atoms with E-state index in [1.807, 2.05) is 13.0 Å². The number of rotatable bonds is 4. The molecular formula is C16H25N3O3S. The van der Waals surface area contributed by atoms with Crippen LogP contribution in [0.2, 0.25) is 0 Å². The van der Waals surface area contributed by atoms with Gasteiger partial charge in [-0.2, -0.15) is 5.10 Å². The van der Waals surface area contributed by atoms with Crippen molar-refractivity contribution in [2.24, 2.45) is 0 Å². The van der Waals surface area contributed by atoms with Crippen LogP contribution in [0.25, 0.3) is 0 Å². The van der Waals surface area contributed by atoms with E-state index in [0.29, 0.717) is 25.9 Å². The molecule has 6 nitrogen and oxygen atoms in total. The molecule has 7 heteroatoms. The Kier molecular flexibility index (Phi) is 4.75. The summed E-state index contributed by atoms with van der Waals surface area (Å²) in [6.45, 7) is 3.18. The molecule has 1 aliphatic heterocycles. The maximum atomic E-state index is 12.5. The number of sulfone groups is 1. The fourth-order valence-electron chi connectivity index (χ4n) is 3.72. The first-order valence-corrected chi connectivity index (χ1v) is 10.2. The number of carbonyl (C=O) groups is 1. The number of piperidine rings is 1. The second-order valence-corrected chi connectivity index (χ2v) is 9.15. The molecule has 2 heterocycles. The highest BCUT2D eigenvalue weighted by atomic mass is 32.2. The molecule has 128 valence electrons. The van der Waals surface area contributed by atoms with Crippen LogP contribution in [0.1, 0.15) is 55.8 Å². The van der Waals surface area contributed by atoms with Gasteiger partial charge in [-0.05, 0) is 38.7 Å². The Bertz CT molecular complexity index is 662. The Balaban J connectivity index is 1.63. The molecule has 1 aromatic heterocycles. The lowest BCUT2D eigenvalue weighted by Crippen LogP contribution is -2.43. The lowest BCUT2D eigenvalue weighted by atomic mass is 9.94. The maximum absolute atomic E-state index is 12.5. The van der Waals surface area contributed by atoms with Gasteiger partial charge in [0.15, 0.2) is 9.84 Å². The molecule has 0 aromatic carbocycles. The summed E-state index contributed by atoms with van der Waals surface area (Å²) in [7, 11) is -3.30. The predicted molar refractivity (Wildman–Crippen MR) is 87.9 cm³/mol. The zero-order chi connectivity index (χ0) is 16.4. The standard InChI is InChI=1S/C16H25N3O3S/c1-12-9-15(18-17-12)13-5-4-8-19(10-13)16(20)11-23(21,22)14-6-2-3-7-14/h9,13-14H,2-8,10-11H2,1H3,(H,17,18)/t13-/m1/s1. The molecule has 0 unspecified atom stereocenters. The van der Waals surface area contributed by atoms with Gasteiger partial charge in [-0.3, -0.25) is 9.89 Å². The predicted octanol–water partition coefficient (Wildman–Crippen LogP) is 1.78. The van der Waals surface area contributed by atoms with Crippen molar-refractivity contribution in [2.75, 3.05) is 18.8 Å². The summed E-state index contributed by atoms with van der Waals surface area (Å²) < 4.78 is 24.8. The van der Waals surface area contributed by atoms with Crippen LogP contribution in [-0.2, 0) is 14.6 Å². The van der Waals surface area contributed by atoms with Crippen LogP contribution in [0, 0.1) is 6.92 Å². The van der Waals surface area contributed by atoms with Crippen molar-refractivity contribution in [3.63, 3.8) is 0 Å². The van der Waals surface area contributed by atoms with Crippen molar-refractivity contribution in [1.29, 1.82) is 0 Å². The smallest absolute Gasteiger partial charge is 0.237 e. The number of nitrogens with one attached hydrogen (secondary N) is 1. The van der Waals surface area contributed by atoms with Crippen molar-refractivity contribution in [3.05, 3.63) is 17.5 Å². The summed E-state index contributed by atoms with van der Waals surface area (Å²) in [6, 6.07) is 2.01. The topological polar surface area (TPSA) is 83.1 Å². The van der Waals surface area contributed by atoms with Crippen molar-refractivity contribution in [3.8, 4) is 0 Å². The first kappa shape index (κ1) is 16.5. The Hall–Kier alpha value is -1.37. The van der Waals surface area contributed by atoms with Gasteiger partial charge in [-0.25, -0.2) is 8.42 Å². The van der Waals surface area contributed by atoms with E-state index in [1.54, 1.807) is 4.90 Å². The summed E-state index contributed by atoms with van der Waals surface area (Å²) in [6.07, 6.45) is 5.23. The van der Waals surface area contributed by atoms with Crippen LogP contribution in [-0.4, -0.2) is 53.5 Å². The molecule has 2 aliphatic rings. The Labute approximate surface area is 137 Å². The second kappa shape index (κ2) is 6.63. The number of carbonyl (C=O) groups excluding carboxylic acids is 1. The second-order valence-electron chi connectivity index (χ2n) is 6.87. The number of aromatic nitrogens is 2. The van der Waals surface area contributed by atoms with Gasteiger partial charge in [0.1, 0.15) is 5.75 Å². The molecule has 2 fully saturated rings. The van der Waals surface area contributed by atoms with Gasteiger partial charge < -0.3 is 4.90 Å².